The average molecular weight is 133 g/mol. The highest BCUT2D eigenvalue weighted by Crippen LogP contribution is 1.85. The molecule has 0 aromatic heterocycles. The van der Waals surface area contributed by atoms with Gasteiger partial charge < -0.3 is 9.64 Å². The van der Waals surface area contributed by atoms with E-state index < -0.39 is 0 Å². The molecule has 0 aliphatic heterocycles. The molecule has 0 atom stereocenters. The van der Waals surface area contributed by atoms with Crippen molar-refractivity contribution in [3.63, 3.8) is 0 Å². The van der Waals surface area contributed by atoms with Gasteiger partial charge in [0.15, 0.2) is 0 Å². The second-order valence-electron chi connectivity index (χ2n) is 1.48. The van der Waals surface area contributed by atoms with E-state index in [0.29, 0.717) is 5.17 Å². The topological polar surface area (TPSA) is 12.5 Å². The predicted molar refractivity (Wildman–Crippen MR) is 37.9 cm³/mol. The van der Waals surface area contributed by atoms with Crippen molar-refractivity contribution in [2.45, 2.75) is 6.92 Å². The number of hydrogen-bond donors (Lipinski definition) is 0. The van der Waals surface area contributed by atoms with E-state index in [1.165, 1.54) is 0 Å². The van der Waals surface area contributed by atoms with Gasteiger partial charge in [0.25, 0.3) is 5.17 Å². The first kappa shape index (κ1) is 7.69. The highest BCUT2D eigenvalue weighted by Gasteiger charge is 1.96. The molecular weight excluding hydrogens is 122 g/mol. The molecular formula is C5H11NOS. The molecule has 0 bridgehead atoms. The van der Waals surface area contributed by atoms with Gasteiger partial charge in [0, 0.05) is 13.6 Å². The zero-order valence-corrected chi connectivity index (χ0v) is 6.29. The molecule has 0 aromatic rings. The van der Waals surface area contributed by atoms with Gasteiger partial charge >= 0.3 is 0 Å². The van der Waals surface area contributed by atoms with Crippen LogP contribution in [0.15, 0.2) is 0 Å². The molecule has 2 nitrogen and oxygen atoms in total. The summed E-state index contributed by atoms with van der Waals surface area (Å²) in [5, 5.41) is 0.549. The first-order valence-corrected chi connectivity index (χ1v) is 2.92. The minimum Gasteiger partial charge on any atom is -0.474 e. The minimum atomic E-state index is 0.549. The third kappa shape index (κ3) is 2.12. The largest absolute Gasteiger partial charge is 0.474 e. The molecule has 3 heteroatoms. The number of hydrogen-bond acceptors (Lipinski definition) is 2. The maximum absolute atomic E-state index is 4.78. The molecule has 0 N–H and O–H groups in total. The van der Waals surface area contributed by atoms with E-state index in [9.17, 15) is 0 Å². The van der Waals surface area contributed by atoms with E-state index in [0.717, 1.165) is 6.54 Å². The minimum absolute atomic E-state index is 0.549. The van der Waals surface area contributed by atoms with Crippen LogP contribution in [-0.2, 0) is 4.74 Å². The van der Waals surface area contributed by atoms with E-state index in [4.69, 9.17) is 17.0 Å². The van der Waals surface area contributed by atoms with Crippen LogP contribution in [0.1, 0.15) is 6.92 Å². The first-order valence-electron chi connectivity index (χ1n) is 2.51. The second-order valence-corrected chi connectivity index (χ2v) is 1.83. The maximum atomic E-state index is 4.78. The van der Waals surface area contributed by atoms with Crippen molar-refractivity contribution in [2.75, 3.05) is 20.7 Å². The summed E-state index contributed by atoms with van der Waals surface area (Å²) in [6, 6.07) is 0. The number of rotatable bonds is 1. The number of ether oxygens (including phenoxy) is 1. The van der Waals surface area contributed by atoms with E-state index >= 15 is 0 Å². The van der Waals surface area contributed by atoms with Crippen molar-refractivity contribution < 1.29 is 4.74 Å². The maximum Gasteiger partial charge on any atom is 0.258 e. The fourth-order valence-corrected chi connectivity index (χ4v) is 0.414. The van der Waals surface area contributed by atoms with Gasteiger partial charge in [-0.15, -0.1) is 0 Å². The van der Waals surface area contributed by atoms with Crippen LogP contribution >= 0.6 is 12.2 Å². The van der Waals surface area contributed by atoms with E-state index in [1.807, 2.05) is 18.9 Å². The summed E-state index contributed by atoms with van der Waals surface area (Å²) < 4.78 is 4.76. The monoisotopic (exact) mass is 133 g/mol. The van der Waals surface area contributed by atoms with Crippen LogP contribution in [-0.4, -0.2) is 30.8 Å². The van der Waals surface area contributed by atoms with Crippen molar-refractivity contribution in [3.8, 4) is 0 Å². The lowest BCUT2D eigenvalue weighted by Gasteiger charge is -2.14. The molecule has 48 valence electrons. The van der Waals surface area contributed by atoms with Crippen LogP contribution in [0.2, 0.25) is 0 Å². The van der Waals surface area contributed by atoms with Crippen molar-refractivity contribution in [1.29, 1.82) is 0 Å². The van der Waals surface area contributed by atoms with Gasteiger partial charge in [-0.2, -0.15) is 0 Å². The van der Waals surface area contributed by atoms with E-state index in [-0.39, 0.29) is 0 Å². The Morgan fingerprint density at radius 2 is 2.25 bits per heavy atom. The summed E-state index contributed by atoms with van der Waals surface area (Å²) in [5.41, 5.74) is 0. The summed E-state index contributed by atoms with van der Waals surface area (Å²) in [4.78, 5) is 1.86. The number of methoxy groups -OCH3 is 1. The van der Waals surface area contributed by atoms with Crippen LogP contribution in [0.5, 0.6) is 0 Å². The number of nitrogens with zero attached hydrogens (tertiary/aromatic N) is 1. The highest BCUT2D eigenvalue weighted by atomic mass is 32.1. The first-order chi connectivity index (χ1) is 3.72. The molecule has 0 spiro atoms. The van der Waals surface area contributed by atoms with Crippen molar-refractivity contribution in [1.82, 2.24) is 4.90 Å². The fourth-order valence-electron chi connectivity index (χ4n) is 0.285. The van der Waals surface area contributed by atoms with Crippen LogP contribution < -0.4 is 0 Å². The van der Waals surface area contributed by atoms with Gasteiger partial charge in [-0.05, 0) is 19.1 Å². The average Bonchev–Trinajstić information content (AvgIpc) is 1.84. The summed E-state index contributed by atoms with van der Waals surface area (Å²) in [7, 11) is 3.47. The summed E-state index contributed by atoms with van der Waals surface area (Å²) in [6.07, 6.45) is 0. The normalized spacial score (nSPS) is 8.38. The van der Waals surface area contributed by atoms with E-state index in [2.05, 4.69) is 0 Å². The fraction of sp³-hybridized carbons (Fsp3) is 0.800. The summed E-state index contributed by atoms with van der Waals surface area (Å²) in [6.45, 7) is 2.91. The smallest absolute Gasteiger partial charge is 0.258 e. The van der Waals surface area contributed by atoms with Gasteiger partial charge in [-0.1, -0.05) is 0 Å². The Bertz CT molecular complexity index is 84.5. The molecule has 0 radical (unpaired) electrons. The van der Waals surface area contributed by atoms with Gasteiger partial charge in [-0.25, -0.2) is 0 Å². The Morgan fingerprint density at radius 1 is 1.75 bits per heavy atom. The molecule has 0 heterocycles. The Balaban J connectivity index is 3.46. The van der Waals surface area contributed by atoms with Crippen molar-refractivity contribution >= 4 is 17.4 Å². The van der Waals surface area contributed by atoms with E-state index in [1.54, 1.807) is 7.11 Å². The molecule has 0 rings (SSSR count). The van der Waals surface area contributed by atoms with Gasteiger partial charge in [0.2, 0.25) is 0 Å². The molecule has 0 aromatic carbocycles. The molecule has 0 saturated heterocycles. The standard InChI is InChI=1S/C5H11NOS/c1-4-6(2)5(8)7-3/h4H2,1-3H3. The molecule has 0 saturated carbocycles. The third-order valence-electron chi connectivity index (χ3n) is 0.961. The lowest BCUT2D eigenvalue weighted by atomic mass is 10.7. The second kappa shape index (κ2) is 3.66. The van der Waals surface area contributed by atoms with Gasteiger partial charge in [-0.3, -0.25) is 0 Å². The molecule has 0 unspecified atom stereocenters. The SMILES string of the molecule is CCN(C)C(=S)OC. The highest BCUT2D eigenvalue weighted by molar-refractivity contribution is 7.80. The van der Waals surface area contributed by atoms with Crippen LogP contribution in [0.25, 0.3) is 0 Å². The van der Waals surface area contributed by atoms with Crippen molar-refractivity contribution in [3.05, 3.63) is 0 Å². The van der Waals surface area contributed by atoms with Crippen molar-refractivity contribution in [2.24, 2.45) is 0 Å². The molecule has 0 aliphatic carbocycles. The quantitative estimate of drug-likeness (QED) is 0.492. The third-order valence-corrected chi connectivity index (χ3v) is 1.44. The predicted octanol–water partition coefficient (Wildman–Crippen LogP) is 0.869. The van der Waals surface area contributed by atoms with Crippen LogP contribution in [0.3, 0.4) is 0 Å². The molecule has 8 heavy (non-hydrogen) atoms. The van der Waals surface area contributed by atoms with Crippen LogP contribution in [0, 0.1) is 0 Å². The lowest BCUT2D eigenvalue weighted by molar-refractivity contribution is 0.329. The van der Waals surface area contributed by atoms with Gasteiger partial charge in [0.05, 0.1) is 7.11 Å². The Hall–Kier alpha value is -0.310. The summed E-state index contributed by atoms with van der Waals surface area (Å²) >= 11 is 4.78. The lowest BCUT2D eigenvalue weighted by Crippen LogP contribution is -2.25. The zero-order chi connectivity index (χ0) is 6.57. The van der Waals surface area contributed by atoms with Crippen LogP contribution in [0.4, 0.5) is 0 Å². The summed E-state index contributed by atoms with van der Waals surface area (Å²) in [5.74, 6) is 0. The Labute approximate surface area is 55.4 Å². The Kier molecular flexibility index (Phi) is 3.52. The molecule has 0 fully saturated rings. The Morgan fingerprint density at radius 3 is 2.38 bits per heavy atom. The zero-order valence-electron chi connectivity index (χ0n) is 5.47. The molecule has 0 amide bonds. The van der Waals surface area contributed by atoms with Gasteiger partial charge in [0.1, 0.15) is 0 Å². The number of thiocarbonyl (C=S) groups is 1. The molecule has 0 aliphatic rings.